The monoisotopic (exact) mass is 547 g/mol. The molecule has 1 aliphatic heterocycles. The number of hydroxylamine groups is 2. The third kappa shape index (κ3) is 6.75. The second kappa shape index (κ2) is 12.4. The molecule has 2 heterocycles. The first kappa shape index (κ1) is 27.5. The number of Topliss-reactive ketones (excluding diaryl/α,β-unsaturated/α-hetero) is 1. The molecular weight excluding hydrogens is 510 g/mol. The zero-order chi connectivity index (χ0) is 27.2. The Balaban J connectivity index is 1.15. The quantitative estimate of drug-likeness (QED) is 0.239. The van der Waals surface area contributed by atoms with Crippen molar-refractivity contribution < 1.29 is 19.2 Å². The molecule has 1 saturated heterocycles. The topological polar surface area (TPSA) is 83.8 Å². The van der Waals surface area contributed by atoms with Crippen molar-refractivity contribution in [1.82, 2.24) is 15.4 Å². The van der Waals surface area contributed by atoms with Gasteiger partial charge in [0.15, 0.2) is 0 Å². The van der Waals surface area contributed by atoms with E-state index in [1.807, 2.05) is 55.5 Å². The maximum absolute atomic E-state index is 13.3. The summed E-state index contributed by atoms with van der Waals surface area (Å²) in [5.41, 5.74) is 3.08. The summed E-state index contributed by atoms with van der Waals surface area (Å²) >= 11 is 1.66. The van der Waals surface area contributed by atoms with Crippen LogP contribution < -0.4 is 5.32 Å². The first-order valence-electron chi connectivity index (χ1n) is 13.9. The number of amides is 1. The fourth-order valence-electron chi connectivity index (χ4n) is 5.21. The number of hydrogen-bond acceptors (Lipinski definition) is 7. The molecular formula is C31H37N3O4S. The first-order valence-corrected chi connectivity index (χ1v) is 14.8. The SMILES string of the molecule is CCCC[C@H](NC(=O)OCC1(Cc2nc(-c3ccccc3)cs2)CCC1)C(=O)C1ON1[C@H](C)c1ccccc1. The number of thiazole rings is 1. The van der Waals surface area contributed by atoms with Crippen molar-refractivity contribution in [3.05, 3.63) is 76.6 Å². The smallest absolute Gasteiger partial charge is 0.407 e. The highest BCUT2D eigenvalue weighted by atomic mass is 32.1. The predicted octanol–water partition coefficient (Wildman–Crippen LogP) is 6.71. The largest absolute Gasteiger partial charge is 0.449 e. The van der Waals surface area contributed by atoms with E-state index in [0.717, 1.165) is 60.4 Å². The lowest BCUT2D eigenvalue weighted by Crippen LogP contribution is -2.45. The molecule has 3 aromatic rings. The summed E-state index contributed by atoms with van der Waals surface area (Å²) < 4.78 is 5.74. The van der Waals surface area contributed by atoms with Gasteiger partial charge in [0.05, 0.1) is 29.4 Å². The van der Waals surface area contributed by atoms with E-state index in [1.165, 1.54) is 0 Å². The molecule has 1 amide bonds. The highest BCUT2D eigenvalue weighted by molar-refractivity contribution is 7.09. The van der Waals surface area contributed by atoms with Crippen LogP contribution in [0, 0.1) is 5.41 Å². The number of ketones is 1. The Morgan fingerprint density at radius 3 is 2.54 bits per heavy atom. The molecule has 2 fully saturated rings. The van der Waals surface area contributed by atoms with E-state index in [0.29, 0.717) is 13.0 Å². The first-order chi connectivity index (χ1) is 19.0. The Kier molecular flexibility index (Phi) is 8.75. The van der Waals surface area contributed by atoms with Gasteiger partial charge in [-0.2, -0.15) is 0 Å². The molecule has 2 aliphatic rings. The predicted molar refractivity (Wildman–Crippen MR) is 152 cm³/mol. The van der Waals surface area contributed by atoms with Crippen molar-refractivity contribution in [3.63, 3.8) is 0 Å². The molecule has 39 heavy (non-hydrogen) atoms. The molecule has 2 unspecified atom stereocenters. The summed E-state index contributed by atoms with van der Waals surface area (Å²) in [6.07, 6.45) is 5.04. The van der Waals surface area contributed by atoms with E-state index in [2.05, 4.69) is 29.8 Å². The number of benzene rings is 2. The van der Waals surface area contributed by atoms with Gasteiger partial charge in [0.25, 0.3) is 0 Å². The van der Waals surface area contributed by atoms with Crippen LogP contribution in [0.2, 0.25) is 0 Å². The minimum absolute atomic E-state index is 0.0503. The summed E-state index contributed by atoms with van der Waals surface area (Å²) in [7, 11) is 0. The highest BCUT2D eigenvalue weighted by Gasteiger charge is 2.49. The normalized spacial score (nSPS) is 20.9. The number of ether oxygens (including phenoxy) is 1. The number of aromatic nitrogens is 1. The van der Waals surface area contributed by atoms with Crippen LogP contribution in [0.5, 0.6) is 0 Å². The Morgan fingerprint density at radius 1 is 1.15 bits per heavy atom. The molecule has 2 aromatic carbocycles. The highest BCUT2D eigenvalue weighted by Crippen LogP contribution is 2.44. The maximum Gasteiger partial charge on any atom is 0.407 e. The lowest BCUT2D eigenvalue weighted by molar-refractivity contribution is -0.122. The average molecular weight is 548 g/mol. The van der Waals surface area contributed by atoms with Crippen LogP contribution in [0.25, 0.3) is 11.3 Å². The number of carbonyl (C=O) groups is 2. The average Bonchev–Trinajstić information content (AvgIpc) is 3.62. The van der Waals surface area contributed by atoms with Crippen molar-refractivity contribution >= 4 is 23.2 Å². The molecule has 1 aromatic heterocycles. The summed E-state index contributed by atoms with van der Waals surface area (Å²) in [5.74, 6) is -0.127. The zero-order valence-corrected chi connectivity index (χ0v) is 23.5. The number of carbonyl (C=O) groups excluding carboxylic acids is 2. The third-order valence-electron chi connectivity index (χ3n) is 7.87. The summed E-state index contributed by atoms with van der Waals surface area (Å²) in [6, 6.07) is 19.4. The molecule has 1 saturated carbocycles. The van der Waals surface area contributed by atoms with E-state index in [4.69, 9.17) is 14.6 Å². The molecule has 1 aliphatic carbocycles. The van der Waals surface area contributed by atoms with Gasteiger partial charge in [-0.25, -0.2) is 9.78 Å². The van der Waals surface area contributed by atoms with Crippen LogP contribution in [0.1, 0.15) is 69.0 Å². The van der Waals surface area contributed by atoms with Gasteiger partial charge in [0.1, 0.15) is 0 Å². The van der Waals surface area contributed by atoms with Crippen LogP contribution in [0.15, 0.2) is 66.0 Å². The van der Waals surface area contributed by atoms with Crippen LogP contribution in [-0.2, 0) is 20.8 Å². The second-order valence-corrected chi connectivity index (χ2v) is 11.7. The molecule has 4 atom stereocenters. The minimum atomic E-state index is -0.649. The van der Waals surface area contributed by atoms with Crippen molar-refractivity contribution in [2.24, 2.45) is 5.41 Å². The summed E-state index contributed by atoms with van der Waals surface area (Å²) in [4.78, 5) is 36.7. The van der Waals surface area contributed by atoms with E-state index in [-0.39, 0.29) is 17.2 Å². The van der Waals surface area contributed by atoms with Gasteiger partial charge in [0.2, 0.25) is 12.0 Å². The zero-order valence-electron chi connectivity index (χ0n) is 22.7. The lowest BCUT2D eigenvalue weighted by Gasteiger charge is -2.40. The molecule has 206 valence electrons. The van der Waals surface area contributed by atoms with Crippen LogP contribution in [0.4, 0.5) is 4.79 Å². The van der Waals surface area contributed by atoms with E-state index < -0.39 is 18.4 Å². The number of nitrogens with one attached hydrogen (secondary N) is 1. The van der Waals surface area contributed by atoms with E-state index in [1.54, 1.807) is 16.4 Å². The number of unbranched alkanes of at least 4 members (excludes halogenated alkanes) is 1. The number of alkyl carbamates (subject to hydrolysis) is 1. The molecule has 8 heteroatoms. The van der Waals surface area contributed by atoms with E-state index in [9.17, 15) is 9.59 Å². The molecule has 0 spiro atoms. The van der Waals surface area contributed by atoms with Gasteiger partial charge in [-0.1, -0.05) is 86.8 Å². The lowest BCUT2D eigenvalue weighted by atomic mass is 9.67. The fraction of sp³-hybridized carbons (Fsp3) is 0.452. The Labute approximate surface area is 234 Å². The van der Waals surface area contributed by atoms with Gasteiger partial charge in [-0.3, -0.25) is 9.63 Å². The number of nitrogens with zero attached hydrogens (tertiary/aromatic N) is 2. The Bertz CT molecular complexity index is 1240. The van der Waals surface area contributed by atoms with Gasteiger partial charge in [0, 0.05) is 22.8 Å². The Hall–Kier alpha value is -3.07. The van der Waals surface area contributed by atoms with Crippen LogP contribution in [0.3, 0.4) is 0 Å². The molecule has 7 nitrogen and oxygen atoms in total. The van der Waals surface area contributed by atoms with Gasteiger partial charge in [-0.15, -0.1) is 16.4 Å². The molecule has 0 radical (unpaired) electrons. The molecule has 1 N–H and O–H groups in total. The van der Waals surface area contributed by atoms with Crippen molar-refractivity contribution in [2.45, 2.75) is 77.1 Å². The fourth-order valence-corrected chi connectivity index (χ4v) is 6.19. The third-order valence-corrected chi connectivity index (χ3v) is 8.72. The standard InChI is InChI=1S/C31H37N3O4S/c1-3-4-16-25(28(35)29-34(38-29)22(2)23-12-7-5-8-13-23)33-30(36)37-21-31(17-11-18-31)19-27-32-26(20-39-27)24-14-9-6-10-15-24/h5-10,12-15,20,22,25,29H,3-4,11,16-19,21H2,1-2H3,(H,33,36)/t22-,25+,29?,34?/m1/s1. The number of rotatable bonds is 13. The number of hydrogen-bond donors (Lipinski definition) is 1. The van der Waals surface area contributed by atoms with Gasteiger partial charge >= 0.3 is 6.09 Å². The van der Waals surface area contributed by atoms with Crippen molar-refractivity contribution in [1.29, 1.82) is 0 Å². The molecule has 5 rings (SSSR count). The summed E-state index contributed by atoms with van der Waals surface area (Å²) in [5, 5.41) is 7.71. The van der Waals surface area contributed by atoms with Gasteiger partial charge in [-0.05, 0) is 31.7 Å². The van der Waals surface area contributed by atoms with Crippen LogP contribution >= 0.6 is 11.3 Å². The summed E-state index contributed by atoms with van der Waals surface area (Å²) in [6.45, 7) is 4.40. The van der Waals surface area contributed by atoms with E-state index >= 15 is 0 Å². The van der Waals surface area contributed by atoms with Gasteiger partial charge < -0.3 is 10.1 Å². The van der Waals surface area contributed by atoms with Crippen molar-refractivity contribution in [2.75, 3.05) is 6.61 Å². The Morgan fingerprint density at radius 2 is 1.87 bits per heavy atom. The maximum atomic E-state index is 13.3. The molecule has 0 bridgehead atoms. The van der Waals surface area contributed by atoms with Crippen LogP contribution in [-0.4, -0.2) is 40.8 Å². The van der Waals surface area contributed by atoms with Crippen molar-refractivity contribution in [3.8, 4) is 11.3 Å². The minimum Gasteiger partial charge on any atom is -0.449 e. The second-order valence-electron chi connectivity index (χ2n) is 10.7.